The van der Waals surface area contributed by atoms with Gasteiger partial charge in [-0.15, -0.1) is 0 Å². The van der Waals surface area contributed by atoms with E-state index in [1.165, 1.54) is 11.1 Å². The minimum atomic E-state index is 0.0711. The van der Waals surface area contributed by atoms with Gasteiger partial charge in [0.2, 0.25) is 5.91 Å². The molecule has 0 saturated heterocycles. The second-order valence-electron chi connectivity index (χ2n) is 5.71. The van der Waals surface area contributed by atoms with Crippen molar-refractivity contribution in [3.05, 3.63) is 71.8 Å². The van der Waals surface area contributed by atoms with Crippen LogP contribution in [-0.2, 0) is 4.79 Å². The molecule has 0 fully saturated rings. The fourth-order valence-electron chi connectivity index (χ4n) is 2.33. The summed E-state index contributed by atoms with van der Waals surface area (Å²) in [5.41, 5.74) is 3.40. The van der Waals surface area contributed by atoms with E-state index in [0.29, 0.717) is 6.54 Å². The molecule has 1 unspecified atom stereocenters. The van der Waals surface area contributed by atoms with Crippen LogP contribution in [0.4, 0.5) is 5.69 Å². The Hall–Kier alpha value is -2.35. The Morgan fingerprint density at radius 3 is 2.32 bits per heavy atom. The van der Waals surface area contributed by atoms with Crippen LogP contribution in [0.2, 0.25) is 0 Å². The minimum Gasteiger partial charge on any atom is -0.312 e. The van der Waals surface area contributed by atoms with Crippen LogP contribution in [-0.4, -0.2) is 12.5 Å². The van der Waals surface area contributed by atoms with Crippen LogP contribution in [0.15, 0.2) is 60.7 Å². The minimum absolute atomic E-state index is 0.0711. The van der Waals surface area contributed by atoms with Gasteiger partial charge in [0.15, 0.2) is 0 Å². The van der Waals surface area contributed by atoms with Crippen LogP contribution in [0, 0.1) is 12.8 Å². The molecule has 0 aliphatic rings. The zero-order valence-corrected chi connectivity index (χ0v) is 13.5. The van der Waals surface area contributed by atoms with Crippen molar-refractivity contribution in [2.75, 3.05) is 11.4 Å². The van der Waals surface area contributed by atoms with Gasteiger partial charge in [0.1, 0.15) is 0 Å². The van der Waals surface area contributed by atoms with E-state index >= 15 is 0 Å². The molecule has 0 aliphatic carbocycles. The Bertz CT molecular complexity index is 629. The summed E-state index contributed by atoms with van der Waals surface area (Å²) in [5.74, 6) is 0.354. The Morgan fingerprint density at radius 2 is 1.73 bits per heavy atom. The summed E-state index contributed by atoms with van der Waals surface area (Å²) >= 11 is 0. The molecule has 0 N–H and O–H groups in total. The number of anilines is 1. The standard InChI is InChI=1S/C20H23NO/c1-16-9-12-19(13-10-16)14-11-17(2)15-21(18(3)22)20-7-5-4-6-8-20/h4-14,17H,15H2,1-3H3/b14-11+. The molecule has 0 aromatic heterocycles. The highest BCUT2D eigenvalue weighted by molar-refractivity contribution is 5.91. The maximum absolute atomic E-state index is 11.9. The number of nitrogens with zero attached hydrogens (tertiary/aromatic N) is 1. The maximum atomic E-state index is 11.9. The third kappa shape index (κ3) is 4.59. The van der Waals surface area contributed by atoms with E-state index in [9.17, 15) is 4.79 Å². The van der Waals surface area contributed by atoms with Crippen LogP contribution < -0.4 is 4.90 Å². The van der Waals surface area contributed by atoms with Gasteiger partial charge in [0.05, 0.1) is 0 Å². The number of carbonyl (C=O) groups is 1. The van der Waals surface area contributed by atoms with Crippen molar-refractivity contribution in [3.8, 4) is 0 Å². The van der Waals surface area contributed by atoms with E-state index in [2.05, 4.69) is 50.3 Å². The molecule has 1 atom stereocenters. The molecule has 2 nitrogen and oxygen atoms in total. The van der Waals surface area contributed by atoms with Crippen LogP contribution in [0.1, 0.15) is 25.0 Å². The zero-order valence-electron chi connectivity index (χ0n) is 13.5. The first-order valence-corrected chi connectivity index (χ1v) is 7.64. The lowest BCUT2D eigenvalue weighted by Crippen LogP contribution is -2.32. The third-order valence-electron chi connectivity index (χ3n) is 3.61. The predicted octanol–water partition coefficient (Wildman–Crippen LogP) is 4.70. The van der Waals surface area contributed by atoms with Crippen LogP contribution >= 0.6 is 0 Å². The van der Waals surface area contributed by atoms with E-state index in [-0.39, 0.29) is 11.8 Å². The molecular formula is C20H23NO. The number of benzene rings is 2. The van der Waals surface area contributed by atoms with Gasteiger partial charge in [-0.1, -0.05) is 67.1 Å². The van der Waals surface area contributed by atoms with Crippen molar-refractivity contribution >= 4 is 17.7 Å². The zero-order chi connectivity index (χ0) is 15.9. The molecule has 0 saturated carbocycles. The number of carbonyl (C=O) groups excluding carboxylic acids is 1. The summed E-state index contributed by atoms with van der Waals surface area (Å²) < 4.78 is 0. The monoisotopic (exact) mass is 293 g/mol. The van der Waals surface area contributed by atoms with Crippen molar-refractivity contribution in [2.45, 2.75) is 20.8 Å². The maximum Gasteiger partial charge on any atom is 0.223 e. The first kappa shape index (κ1) is 16.0. The average Bonchev–Trinajstić information content (AvgIpc) is 2.52. The molecule has 2 aromatic carbocycles. The third-order valence-corrected chi connectivity index (χ3v) is 3.61. The van der Waals surface area contributed by atoms with Gasteiger partial charge in [0.25, 0.3) is 0 Å². The average molecular weight is 293 g/mol. The fourth-order valence-corrected chi connectivity index (χ4v) is 2.33. The van der Waals surface area contributed by atoms with E-state index in [4.69, 9.17) is 0 Å². The lowest BCUT2D eigenvalue weighted by molar-refractivity contribution is -0.116. The molecule has 0 spiro atoms. The van der Waals surface area contributed by atoms with E-state index < -0.39 is 0 Å². The molecule has 0 bridgehead atoms. The highest BCUT2D eigenvalue weighted by Gasteiger charge is 2.13. The van der Waals surface area contributed by atoms with Gasteiger partial charge >= 0.3 is 0 Å². The summed E-state index contributed by atoms with van der Waals surface area (Å²) in [6.45, 7) is 6.51. The summed E-state index contributed by atoms with van der Waals surface area (Å²) in [4.78, 5) is 13.7. The van der Waals surface area contributed by atoms with Crippen LogP contribution in [0.3, 0.4) is 0 Å². The van der Waals surface area contributed by atoms with E-state index in [1.807, 2.05) is 35.2 Å². The highest BCUT2D eigenvalue weighted by Crippen LogP contribution is 2.16. The number of para-hydroxylation sites is 1. The van der Waals surface area contributed by atoms with Gasteiger partial charge in [-0.2, -0.15) is 0 Å². The van der Waals surface area contributed by atoms with Gasteiger partial charge in [-0.3, -0.25) is 4.79 Å². The number of hydrogen-bond donors (Lipinski definition) is 0. The van der Waals surface area contributed by atoms with Crippen molar-refractivity contribution in [3.63, 3.8) is 0 Å². The first-order valence-electron chi connectivity index (χ1n) is 7.64. The Kier molecular flexibility index (Phi) is 5.54. The SMILES string of the molecule is CC(=O)N(CC(C)/C=C/c1ccc(C)cc1)c1ccccc1. The lowest BCUT2D eigenvalue weighted by atomic mass is 10.1. The number of amides is 1. The number of rotatable bonds is 5. The second-order valence-corrected chi connectivity index (χ2v) is 5.71. The van der Waals surface area contributed by atoms with Crippen molar-refractivity contribution in [2.24, 2.45) is 5.92 Å². The molecule has 2 rings (SSSR count). The topological polar surface area (TPSA) is 20.3 Å². The molecule has 114 valence electrons. The van der Waals surface area contributed by atoms with Crippen molar-refractivity contribution in [1.82, 2.24) is 0 Å². The second kappa shape index (κ2) is 7.60. The van der Waals surface area contributed by atoms with Crippen LogP contribution in [0.5, 0.6) is 0 Å². The quantitative estimate of drug-likeness (QED) is 0.782. The van der Waals surface area contributed by atoms with Crippen LogP contribution in [0.25, 0.3) is 6.08 Å². The predicted molar refractivity (Wildman–Crippen MR) is 93.8 cm³/mol. The van der Waals surface area contributed by atoms with Gasteiger partial charge in [-0.25, -0.2) is 0 Å². The Labute approximate surface area is 133 Å². The molecule has 22 heavy (non-hydrogen) atoms. The summed E-state index contributed by atoms with van der Waals surface area (Å²) in [6, 6.07) is 18.2. The number of hydrogen-bond acceptors (Lipinski definition) is 1. The van der Waals surface area contributed by atoms with Crippen molar-refractivity contribution < 1.29 is 4.79 Å². The molecule has 0 aliphatic heterocycles. The molecule has 1 amide bonds. The molecule has 2 heteroatoms. The lowest BCUT2D eigenvalue weighted by Gasteiger charge is -2.23. The Balaban J connectivity index is 2.04. The molecular weight excluding hydrogens is 270 g/mol. The summed E-state index contributed by atoms with van der Waals surface area (Å²) in [6.07, 6.45) is 4.27. The highest BCUT2D eigenvalue weighted by atomic mass is 16.2. The summed E-state index contributed by atoms with van der Waals surface area (Å²) in [5, 5.41) is 0. The van der Waals surface area contributed by atoms with Crippen molar-refractivity contribution in [1.29, 1.82) is 0 Å². The van der Waals surface area contributed by atoms with E-state index in [1.54, 1.807) is 6.92 Å². The molecule has 2 aromatic rings. The number of aryl methyl sites for hydroxylation is 1. The Morgan fingerprint density at radius 1 is 1.09 bits per heavy atom. The van der Waals surface area contributed by atoms with Gasteiger partial charge < -0.3 is 4.90 Å². The van der Waals surface area contributed by atoms with E-state index in [0.717, 1.165) is 5.69 Å². The summed E-state index contributed by atoms with van der Waals surface area (Å²) in [7, 11) is 0. The molecule has 0 radical (unpaired) electrons. The largest absolute Gasteiger partial charge is 0.312 e. The molecule has 0 heterocycles. The van der Waals surface area contributed by atoms with Gasteiger partial charge in [0, 0.05) is 19.2 Å². The van der Waals surface area contributed by atoms with Gasteiger partial charge in [-0.05, 0) is 30.5 Å². The smallest absolute Gasteiger partial charge is 0.223 e. The normalized spacial score (nSPS) is 12.3. The first-order chi connectivity index (χ1) is 10.6. The fraction of sp³-hybridized carbons (Fsp3) is 0.250.